The van der Waals surface area contributed by atoms with E-state index >= 15 is 0 Å². The molecule has 1 atom stereocenters. The Morgan fingerprint density at radius 1 is 1.25 bits per heavy atom. The number of nitrogens with zero attached hydrogens (tertiary/aromatic N) is 2. The molecule has 20 heavy (non-hydrogen) atoms. The minimum absolute atomic E-state index is 0.214. The SMILES string of the molecule is CCNC(Cc1cc(C)ccc1OC)c1ccnnc1. The number of likely N-dealkylation sites (N-methyl/N-ethyl adjacent to an activating group) is 1. The highest BCUT2D eigenvalue weighted by Crippen LogP contribution is 2.25. The number of aromatic nitrogens is 2. The maximum Gasteiger partial charge on any atom is 0.122 e. The van der Waals surface area contributed by atoms with Crippen LogP contribution in [0.5, 0.6) is 5.75 Å². The predicted molar refractivity (Wildman–Crippen MR) is 79.9 cm³/mol. The highest BCUT2D eigenvalue weighted by Gasteiger charge is 2.14. The van der Waals surface area contributed by atoms with E-state index in [9.17, 15) is 0 Å². The summed E-state index contributed by atoms with van der Waals surface area (Å²) in [6.45, 7) is 5.11. The minimum Gasteiger partial charge on any atom is -0.496 e. The summed E-state index contributed by atoms with van der Waals surface area (Å²) in [5, 5.41) is 11.3. The minimum atomic E-state index is 0.214. The first-order chi connectivity index (χ1) is 9.74. The number of rotatable bonds is 6. The molecule has 0 aliphatic rings. The Labute approximate surface area is 120 Å². The van der Waals surface area contributed by atoms with Gasteiger partial charge in [-0.2, -0.15) is 10.2 Å². The fourth-order valence-corrected chi connectivity index (χ4v) is 2.35. The van der Waals surface area contributed by atoms with E-state index < -0.39 is 0 Å². The van der Waals surface area contributed by atoms with Crippen LogP contribution < -0.4 is 10.1 Å². The van der Waals surface area contributed by atoms with Crippen LogP contribution in [-0.2, 0) is 6.42 Å². The van der Waals surface area contributed by atoms with Gasteiger partial charge in [0.25, 0.3) is 0 Å². The van der Waals surface area contributed by atoms with E-state index in [0.29, 0.717) is 0 Å². The van der Waals surface area contributed by atoms with Crippen molar-refractivity contribution in [3.8, 4) is 5.75 Å². The summed E-state index contributed by atoms with van der Waals surface area (Å²) in [6.07, 6.45) is 4.41. The van der Waals surface area contributed by atoms with Crippen molar-refractivity contribution < 1.29 is 4.74 Å². The summed E-state index contributed by atoms with van der Waals surface area (Å²) in [5.41, 5.74) is 3.59. The third-order valence-electron chi connectivity index (χ3n) is 3.32. The van der Waals surface area contributed by atoms with Crippen LogP contribution in [0.3, 0.4) is 0 Å². The summed E-state index contributed by atoms with van der Waals surface area (Å²) in [5.74, 6) is 0.931. The average Bonchev–Trinajstić information content (AvgIpc) is 2.48. The van der Waals surface area contributed by atoms with Crippen LogP contribution in [0.4, 0.5) is 0 Å². The first-order valence-electron chi connectivity index (χ1n) is 6.88. The molecule has 1 unspecified atom stereocenters. The van der Waals surface area contributed by atoms with Gasteiger partial charge in [-0.1, -0.05) is 24.6 Å². The topological polar surface area (TPSA) is 47.0 Å². The largest absolute Gasteiger partial charge is 0.496 e. The van der Waals surface area contributed by atoms with Crippen LogP contribution in [0.25, 0.3) is 0 Å². The van der Waals surface area contributed by atoms with E-state index in [2.05, 4.69) is 41.5 Å². The fourth-order valence-electron chi connectivity index (χ4n) is 2.35. The third kappa shape index (κ3) is 3.54. The Morgan fingerprint density at radius 3 is 2.75 bits per heavy atom. The molecule has 1 aromatic heterocycles. The highest BCUT2D eigenvalue weighted by atomic mass is 16.5. The number of aryl methyl sites for hydroxylation is 1. The molecular weight excluding hydrogens is 250 g/mol. The van der Waals surface area contributed by atoms with E-state index in [0.717, 1.165) is 24.3 Å². The van der Waals surface area contributed by atoms with Crippen molar-refractivity contribution in [3.05, 3.63) is 53.3 Å². The van der Waals surface area contributed by atoms with Gasteiger partial charge in [0.15, 0.2) is 0 Å². The average molecular weight is 271 g/mol. The normalized spacial score (nSPS) is 12.2. The van der Waals surface area contributed by atoms with Gasteiger partial charge in [0.05, 0.1) is 13.3 Å². The smallest absolute Gasteiger partial charge is 0.122 e. The number of hydrogen-bond acceptors (Lipinski definition) is 4. The van der Waals surface area contributed by atoms with Gasteiger partial charge in [0.2, 0.25) is 0 Å². The van der Waals surface area contributed by atoms with Crippen LogP contribution in [-0.4, -0.2) is 23.9 Å². The van der Waals surface area contributed by atoms with E-state index in [4.69, 9.17) is 4.74 Å². The van der Waals surface area contributed by atoms with Gasteiger partial charge < -0.3 is 10.1 Å². The summed E-state index contributed by atoms with van der Waals surface area (Å²) < 4.78 is 5.46. The summed E-state index contributed by atoms with van der Waals surface area (Å²) >= 11 is 0. The van der Waals surface area contributed by atoms with Crippen molar-refractivity contribution >= 4 is 0 Å². The molecule has 0 amide bonds. The second-order valence-electron chi connectivity index (χ2n) is 4.81. The van der Waals surface area contributed by atoms with Crippen LogP contribution in [0.15, 0.2) is 36.7 Å². The number of methoxy groups -OCH3 is 1. The van der Waals surface area contributed by atoms with Crippen molar-refractivity contribution in [1.82, 2.24) is 15.5 Å². The molecule has 1 aromatic carbocycles. The molecule has 0 saturated heterocycles. The van der Waals surface area contributed by atoms with Crippen molar-refractivity contribution in [2.45, 2.75) is 26.3 Å². The molecule has 4 heteroatoms. The lowest BCUT2D eigenvalue weighted by Crippen LogP contribution is -2.23. The predicted octanol–water partition coefficient (Wildman–Crippen LogP) is 2.69. The molecule has 0 fully saturated rings. The lowest BCUT2D eigenvalue weighted by atomic mass is 9.98. The second kappa shape index (κ2) is 7.01. The fraction of sp³-hybridized carbons (Fsp3) is 0.375. The molecule has 2 aromatic rings. The molecule has 0 saturated carbocycles. The molecule has 106 valence electrons. The van der Waals surface area contributed by atoms with E-state index in [-0.39, 0.29) is 6.04 Å². The molecule has 0 bridgehead atoms. The Hall–Kier alpha value is -1.94. The molecular formula is C16H21N3O. The summed E-state index contributed by atoms with van der Waals surface area (Å²) in [7, 11) is 1.71. The third-order valence-corrected chi connectivity index (χ3v) is 3.32. The van der Waals surface area contributed by atoms with Gasteiger partial charge in [-0.25, -0.2) is 0 Å². The van der Waals surface area contributed by atoms with Gasteiger partial charge in [0, 0.05) is 12.2 Å². The number of nitrogens with one attached hydrogen (secondary N) is 1. The van der Waals surface area contributed by atoms with Crippen molar-refractivity contribution in [2.75, 3.05) is 13.7 Å². The van der Waals surface area contributed by atoms with E-state index in [1.165, 1.54) is 11.1 Å². The van der Waals surface area contributed by atoms with Crippen LogP contribution in [0, 0.1) is 6.92 Å². The number of ether oxygens (including phenoxy) is 1. The lowest BCUT2D eigenvalue weighted by molar-refractivity contribution is 0.405. The highest BCUT2D eigenvalue weighted by molar-refractivity contribution is 5.38. The maximum absolute atomic E-state index is 5.46. The zero-order valence-corrected chi connectivity index (χ0v) is 12.3. The van der Waals surface area contributed by atoms with E-state index in [1.807, 2.05) is 18.3 Å². The first kappa shape index (κ1) is 14.5. The molecule has 0 aliphatic heterocycles. The van der Waals surface area contributed by atoms with Crippen LogP contribution >= 0.6 is 0 Å². The second-order valence-corrected chi connectivity index (χ2v) is 4.81. The molecule has 0 spiro atoms. The Balaban J connectivity index is 2.26. The van der Waals surface area contributed by atoms with Gasteiger partial charge in [0.1, 0.15) is 5.75 Å². The van der Waals surface area contributed by atoms with Gasteiger partial charge in [-0.05, 0) is 43.1 Å². The Morgan fingerprint density at radius 2 is 2.10 bits per heavy atom. The summed E-state index contributed by atoms with van der Waals surface area (Å²) in [4.78, 5) is 0. The lowest BCUT2D eigenvalue weighted by Gasteiger charge is -2.19. The summed E-state index contributed by atoms with van der Waals surface area (Å²) in [6, 6.07) is 8.49. The molecule has 2 rings (SSSR count). The van der Waals surface area contributed by atoms with Gasteiger partial charge in [-0.3, -0.25) is 0 Å². The zero-order valence-electron chi connectivity index (χ0n) is 12.3. The Kier molecular flexibility index (Phi) is 5.07. The Bertz CT molecular complexity index is 543. The molecule has 0 radical (unpaired) electrons. The molecule has 1 heterocycles. The molecule has 1 N–H and O–H groups in total. The maximum atomic E-state index is 5.46. The van der Waals surface area contributed by atoms with Crippen LogP contribution in [0.1, 0.15) is 29.7 Å². The number of benzene rings is 1. The van der Waals surface area contributed by atoms with Crippen molar-refractivity contribution in [1.29, 1.82) is 0 Å². The first-order valence-corrected chi connectivity index (χ1v) is 6.88. The van der Waals surface area contributed by atoms with E-state index in [1.54, 1.807) is 13.3 Å². The van der Waals surface area contributed by atoms with Gasteiger partial charge >= 0.3 is 0 Å². The number of hydrogen-bond donors (Lipinski definition) is 1. The standard InChI is InChI=1S/C16H21N3O/c1-4-17-15(13-7-8-18-19-11-13)10-14-9-12(2)5-6-16(14)20-3/h5-9,11,15,17H,4,10H2,1-3H3. The quantitative estimate of drug-likeness (QED) is 0.877. The monoisotopic (exact) mass is 271 g/mol. The molecule has 0 aliphatic carbocycles. The van der Waals surface area contributed by atoms with Crippen molar-refractivity contribution in [3.63, 3.8) is 0 Å². The zero-order chi connectivity index (χ0) is 14.4. The van der Waals surface area contributed by atoms with Crippen molar-refractivity contribution in [2.24, 2.45) is 0 Å². The van der Waals surface area contributed by atoms with Crippen LogP contribution in [0.2, 0.25) is 0 Å². The van der Waals surface area contributed by atoms with Gasteiger partial charge in [-0.15, -0.1) is 0 Å². The molecule has 4 nitrogen and oxygen atoms in total.